The molecule has 1 aromatic heterocycles. The van der Waals surface area contributed by atoms with Gasteiger partial charge in [0.2, 0.25) is 0 Å². The minimum absolute atomic E-state index is 0.308. The average molecular weight is 238 g/mol. The summed E-state index contributed by atoms with van der Waals surface area (Å²) >= 11 is 5.94. The monoisotopic (exact) mass is 237 g/mol. The van der Waals surface area contributed by atoms with Crippen molar-refractivity contribution in [3.8, 4) is 11.3 Å². The largest absolute Gasteiger partial charge is 0.382 e. The smallest absolute Gasteiger partial charge is 0.146 e. The number of nitrogens with two attached hydrogens (primary N) is 1. The molecule has 0 bridgehead atoms. The lowest BCUT2D eigenvalue weighted by Crippen LogP contribution is -1.95. The van der Waals surface area contributed by atoms with Gasteiger partial charge >= 0.3 is 0 Å². The van der Waals surface area contributed by atoms with Crippen LogP contribution in [0.5, 0.6) is 0 Å². The number of hydrogen-bond donors (Lipinski definition) is 1. The number of nitrogen functional groups attached to an aromatic ring is 1. The van der Waals surface area contributed by atoms with Crippen LogP contribution in [0.2, 0.25) is 5.02 Å². The van der Waals surface area contributed by atoms with Crippen molar-refractivity contribution in [2.45, 2.75) is 6.92 Å². The van der Waals surface area contributed by atoms with Crippen molar-refractivity contribution >= 4 is 17.4 Å². The number of anilines is 1. The predicted octanol–water partition coefficient (Wildman–Crippen LogP) is 2.83. The Balaban J connectivity index is 2.56. The molecule has 5 heteroatoms. The lowest BCUT2D eigenvalue weighted by Gasteiger charge is -2.05. The van der Waals surface area contributed by atoms with Crippen molar-refractivity contribution in [1.29, 1.82) is 0 Å². The van der Waals surface area contributed by atoms with Crippen LogP contribution in [0, 0.1) is 12.7 Å². The van der Waals surface area contributed by atoms with Gasteiger partial charge in [-0.15, -0.1) is 10.2 Å². The molecule has 0 aliphatic rings. The first kappa shape index (κ1) is 10.8. The number of nitrogens with zero attached hydrogens (tertiary/aromatic N) is 2. The second-order valence-electron chi connectivity index (χ2n) is 3.42. The molecule has 2 rings (SSSR count). The molecule has 0 spiro atoms. The van der Waals surface area contributed by atoms with Crippen LogP contribution in [0.1, 0.15) is 5.56 Å². The van der Waals surface area contributed by atoms with E-state index in [1.54, 1.807) is 25.1 Å². The highest BCUT2D eigenvalue weighted by Gasteiger charge is 2.09. The highest BCUT2D eigenvalue weighted by Crippen LogP contribution is 2.28. The maximum absolute atomic E-state index is 13.2. The number of aryl methyl sites for hydroxylation is 1. The summed E-state index contributed by atoms with van der Waals surface area (Å²) in [6, 6.07) is 6.22. The zero-order chi connectivity index (χ0) is 11.7. The van der Waals surface area contributed by atoms with Gasteiger partial charge in [0, 0.05) is 5.56 Å². The molecule has 0 saturated heterocycles. The molecule has 2 aromatic rings. The fourth-order valence-corrected chi connectivity index (χ4v) is 1.59. The number of aromatic nitrogens is 2. The molecule has 2 N–H and O–H groups in total. The summed E-state index contributed by atoms with van der Waals surface area (Å²) in [5, 5.41) is 7.93. The topological polar surface area (TPSA) is 51.8 Å². The van der Waals surface area contributed by atoms with E-state index in [0.717, 1.165) is 0 Å². The summed E-state index contributed by atoms with van der Waals surface area (Å²) in [6.45, 7) is 1.67. The van der Waals surface area contributed by atoms with E-state index in [1.165, 1.54) is 6.07 Å². The zero-order valence-corrected chi connectivity index (χ0v) is 9.29. The van der Waals surface area contributed by atoms with Gasteiger partial charge in [0.15, 0.2) is 0 Å². The Labute approximate surface area is 97.1 Å². The highest BCUT2D eigenvalue weighted by molar-refractivity contribution is 6.33. The number of hydrogen-bond acceptors (Lipinski definition) is 3. The van der Waals surface area contributed by atoms with Crippen molar-refractivity contribution in [2.75, 3.05) is 5.73 Å². The summed E-state index contributed by atoms with van der Waals surface area (Å²) in [5.74, 6) is -0.00383. The van der Waals surface area contributed by atoms with E-state index in [2.05, 4.69) is 10.2 Å². The minimum Gasteiger partial charge on any atom is -0.382 e. The van der Waals surface area contributed by atoms with E-state index in [1.807, 2.05) is 0 Å². The normalized spacial score (nSPS) is 10.4. The second-order valence-corrected chi connectivity index (χ2v) is 3.83. The standard InChI is InChI=1S/C11H9ClFN3/c1-6-4-7(8(12)5-9(6)13)10-2-3-11(14)16-15-10/h2-5H,1H3,(H2,14,16). The van der Waals surface area contributed by atoms with Gasteiger partial charge in [-0.3, -0.25) is 0 Å². The number of rotatable bonds is 1. The average Bonchev–Trinajstić information content (AvgIpc) is 2.25. The van der Waals surface area contributed by atoms with Crippen molar-refractivity contribution in [3.63, 3.8) is 0 Å². The summed E-state index contributed by atoms with van der Waals surface area (Å²) in [6.07, 6.45) is 0. The van der Waals surface area contributed by atoms with E-state index in [4.69, 9.17) is 17.3 Å². The van der Waals surface area contributed by atoms with Crippen LogP contribution in [-0.2, 0) is 0 Å². The number of benzene rings is 1. The van der Waals surface area contributed by atoms with E-state index < -0.39 is 0 Å². The Hall–Kier alpha value is -1.68. The Morgan fingerprint density at radius 1 is 1.25 bits per heavy atom. The van der Waals surface area contributed by atoms with Crippen molar-refractivity contribution in [1.82, 2.24) is 10.2 Å². The van der Waals surface area contributed by atoms with E-state index >= 15 is 0 Å². The Morgan fingerprint density at radius 2 is 2.00 bits per heavy atom. The van der Waals surface area contributed by atoms with Crippen LogP contribution in [0.15, 0.2) is 24.3 Å². The Kier molecular flexibility index (Phi) is 2.75. The molecule has 1 aromatic carbocycles. The van der Waals surface area contributed by atoms with E-state index in [9.17, 15) is 4.39 Å². The molecule has 3 nitrogen and oxygen atoms in total. The van der Waals surface area contributed by atoms with E-state index in [-0.39, 0.29) is 5.82 Å². The van der Waals surface area contributed by atoms with Crippen molar-refractivity contribution in [2.24, 2.45) is 0 Å². The molecule has 0 fully saturated rings. The second kappa shape index (κ2) is 4.06. The van der Waals surface area contributed by atoms with Gasteiger partial charge in [0.05, 0.1) is 10.7 Å². The summed E-state index contributed by atoms with van der Waals surface area (Å²) in [7, 11) is 0. The molecule has 0 radical (unpaired) electrons. The maximum atomic E-state index is 13.2. The fraction of sp³-hybridized carbons (Fsp3) is 0.0909. The first-order chi connectivity index (χ1) is 7.58. The molecular formula is C11H9ClFN3. The van der Waals surface area contributed by atoms with Crippen LogP contribution in [0.3, 0.4) is 0 Å². The first-order valence-corrected chi connectivity index (χ1v) is 5.01. The maximum Gasteiger partial charge on any atom is 0.146 e. The molecule has 82 valence electrons. The van der Waals surface area contributed by atoms with Gasteiger partial charge < -0.3 is 5.73 Å². The molecule has 0 atom stereocenters. The minimum atomic E-state index is -0.336. The van der Waals surface area contributed by atoms with Gasteiger partial charge in [-0.05, 0) is 36.8 Å². The molecule has 0 unspecified atom stereocenters. The van der Waals surface area contributed by atoms with Crippen LogP contribution >= 0.6 is 11.6 Å². The van der Waals surface area contributed by atoms with Gasteiger partial charge in [0.25, 0.3) is 0 Å². The Morgan fingerprint density at radius 3 is 2.62 bits per heavy atom. The van der Waals surface area contributed by atoms with Gasteiger partial charge in [-0.25, -0.2) is 4.39 Å². The lowest BCUT2D eigenvalue weighted by atomic mass is 10.1. The molecule has 0 aliphatic carbocycles. The van der Waals surface area contributed by atoms with E-state index in [0.29, 0.717) is 27.7 Å². The third-order valence-electron chi connectivity index (χ3n) is 2.21. The quantitative estimate of drug-likeness (QED) is 0.830. The van der Waals surface area contributed by atoms with Gasteiger partial charge in [-0.2, -0.15) is 0 Å². The van der Waals surface area contributed by atoms with Crippen LogP contribution in [0.4, 0.5) is 10.2 Å². The molecule has 0 aliphatic heterocycles. The lowest BCUT2D eigenvalue weighted by molar-refractivity contribution is 0.619. The molecule has 0 amide bonds. The predicted molar refractivity (Wildman–Crippen MR) is 61.6 cm³/mol. The molecule has 16 heavy (non-hydrogen) atoms. The van der Waals surface area contributed by atoms with Crippen molar-refractivity contribution in [3.05, 3.63) is 40.7 Å². The first-order valence-electron chi connectivity index (χ1n) is 4.63. The van der Waals surface area contributed by atoms with Gasteiger partial charge in [-0.1, -0.05) is 11.6 Å². The van der Waals surface area contributed by atoms with Crippen molar-refractivity contribution < 1.29 is 4.39 Å². The Bertz CT molecular complexity index is 525. The summed E-state index contributed by atoms with van der Waals surface area (Å²) < 4.78 is 13.2. The zero-order valence-electron chi connectivity index (χ0n) is 8.54. The number of halogens is 2. The molecule has 1 heterocycles. The fourth-order valence-electron chi connectivity index (χ4n) is 1.34. The van der Waals surface area contributed by atoms with Crippen LogP contribution in [-0.4, -0.2) is 10.2 Å². The van der Waals surface area contributed by atoms with Crippen LogP contribution in [0.25, 0.3) is 11.3 Å². The third kappa shape index (κ3) is 1.97. The third-order valence-corrected chi connectivity index (χ3v) is 2.52. The summed E-state index contributed by atoms with van der Waals surface area (Å²) in [4.78, 5) is 0. The highest BCUT2D eigenvalue weighted by atomic mass is 35.5. The van der Waals surface area contributed by atoms with Gasteiger partial charge in [0.1, 0.15) is 11.6 Å². The SMILES string of the molecule is Cc1cc(-c2ccc(N)nn2)c(Cl)cc1F. The molecule has 0 saturated carbocycles. The molecular weight excluding hydrogens is 229 g/mol. The van der Waals surface area contributed by atoms with Crippen LogP contribution < -0.4 is 5.73 Å². The summed E-state index contributed by atoms with van der Waals surface area (Å²) in [5.41, 5.74) is 7.16.